The van der Waals surface area contributed by atoms with Crippen molar-refractivity contribution in [2.75, 3.05) is 32.1 Å². The fourth-order valence-corrected chi connectivity index (χ4v) is 2.85. The normalized spacial score (nSPS) is 20.4. The summed E-state index contributed by atoms with van der Waals surface area (Å²) in [7, 11) is 4.42. The van der Waals surface area contributed by atoms with Crippen LogP contribution in [0.5, 0.6) is 0 Å². The predicted molar refractivity (Wildman–Crippen MR) is 85.1 cm³/mol. The Hall–Kier alpha value is -1.13. The van der Waals surface area contributed by atoms with Crippen LogP contribution in [0.4, 0.5) is 5.69 Å². The van der Waals surface area contributed by atoms with E-state index in [-0.39, 0.29) is 0 Å². The lowest BCUT2D eigenvalue weighted by Gasteiger charge is -2.37. The molecule has 0 radical (unpaired) electrons. The molecule has 1 aromatic heterocycles. The molecule has 0 aliphatic carbocycles. The van der Waals surface area contributed by atoms with Gasteiger partial charge in [0, 0.05) is 38.4 Å². The monoisotopic (exact) mass is 276 g/mol. The number of nitrogens with zero attached hydrogens (tertiary/aromatic N) is 3. The highest BCUT2D eigenvalue weighted by atomic mass is 15.2. The Balaban J connectivity index is 2.10. The van der Waals surface area contributed by atoms with E-state index in [9.17, 15) is 0 Å². The van der Waals surface area contributed by atoms with Crippen LogP contribution >= 0.6 is 0 Å². The topological polar surface area (TPSA) is 31.4 Å². The molecule has 1 atom stereocenters. The molecule has 1 N–H and O–H groups in total. The molecular formula is C16H28N4. The fourth-order valence-electron chi connectivity index (χ4n) is 2.85. The van der Waals surface area contributed by atoms with Crippen LogP contribution in [0, 0.1) is 0 Å². The molecule has 4 nitrogen and oxygen atoms in total. The van der Waals surface area contributed by atoms with E-state index < -0.39 is 0 Å². The molecule has 0 bridgehead atoms. The standard InChI is InChI=1S/C16H28N4/c1-13(2)18-10-14-7-8-17-11-16(14)20(4)15-6-5-9-19(3)12-15/h7-8,11,13,15,18H,5-6,9-10,12H2,1-4H3. The summed E-state index contributed by atoms with van der Waals surface area (Å²) >= 11 is 0. The third kappa shape index (κ3) is 3.93. The van der Waals surface area contributed by atoms with Crippen LogP contribution in [0.25, 0.3) is 0 Å². The molecule has 4 heteroatoms. The van der Waals surface area contributed by atoms with Gasteiger partial charge in [0.25, 0.3) is 0 Å². The highest BCUT2D eigenvalue weighted by Gasteiger charge is 2.22. The maximum atomic E-state index is 4.32. The Morgan fingerprint density at radius 1 is 1.50 bits per heavy atom. The van der Waals surface area contributed by atoms with E-state index in [1.807, 2.05) is 12.4 Å². The van der Waals surface area contributed by atoms with Gasteiger partial charge in [-0.15, -0.1) is 0 Å². The van der Waals surface area contributed by atoms with Gasteiger partial charge in [-0.2, -0.15) is 0 Å². The van der Waals surface area contributed by atoms with E-state index >= 15 is 0 Å². The van der Waals surface area contributed by atoms with E-state index in [2.05, 4.69) is 54.1 Å². The largest absolute Gasteiger partial charge is 0.369 e. The Bertz CT molecular complexity index is 419. The van der Waals surface area contributed by atoms with Gasteiger partial charge in [-0.05, 0) is 38.1 Å². The van der Waals surface area contributed by atoms with Gasteiger partial charge in [0.2, 0.25) is 0 Å². The first-order chi connectivity index (χ1) is 9.58. The molecule has 1 aliphatic rings. The van der Waals surface area contributed by atoms with Crippen LogP contribution in [-0.4, -0.2) is 49.2 Å². The average molecular weight is 276 g/mol. The summed E-state index contributed by atoms with van der Waals surface area (Å²) in [6.45, 7) is 7.63. The molecule has 1 unspecified atom stereocenters. The van der Waals surface area contributed by atoms with Gasteiger partial charge in [0.1, 0.15) is 0 Å². The molecule has 0 spiro atoms. The van der Waals surface area contributed by atoms with Crippen molar-refractivity contribution in [1.82, 2.24) is 15.2 Å². The summed E-state index contributed by atoms with van der Waals surface area (Å²) in [5, 5.41) is 3.50. The minimum atomic E-state index is 0.502. The lowest BCUT2D eigenvalue weighted by Crippen LogP contribution is -2.45. The second-order valence-electron chi connectivity index (χ2n) is 6.21. The molecule has 1 aliphatic heterocycles. The highest BCUT2D eigenvalue weighted by Crippen LogP contribution is 2.24. The van der Waals surface area contributed by atoms with Crippen LogP contribution in [0.15, 0.2) is 18.5 Å². The van der Waals surface area contributed by atoms with Gasteiger partial charge < -0.3 is 15.1 Å². The number of rotatable bonds is 5. The van der Waals surface area contributed by atoms with Crippen molar-refractivity contribution in [3.63, 3.8) is 0 Å². The average Bonchev–Trinajstić information content (AvgIpc) is 2.44. The number of anilines is 1. The third-order valence-electron chi connectivity index (χ3n) is 4.12. The highest BCUT2D eigenvalue weighted by molar-refractivity contribution is 5.52. The Labute approximate surface area is 123 Å². The first-order valence-corrected chi connectivity index (χ1v) is 7.65. The summed E-state index contributed by atoms with van der Waals surface area (Å²) < 4.78 is 0. The lowest BCUT2D eigenvalue weighted by atomic mass is 10.0. The second kappa shape index (κ2) is 7.04. The number of piperidine rings is 1. The van der Waals surface area contributed by atoms with Crippen molar-refractivity contribution in [2.45, 2.75) is 45.3 Å². The maximum absolute atomic E-state index is 4.32. The van der Waals surface area contributed by atoms with Gasteiger partial charge in [0.15, 0.2) is 0 Å². The van der Waals surface area contributed by atoms with E-state index in [0.717, 1.165) is 13.1 Å². The molecule has 2 rings (SSSR count). The van der Waals surface area contributed by atoms with Crippen LogP contribution < -0.4 is 10.2 Å². The van der Waals surface area contributed by atoms with Crippen molar-refractivity contribution >= 4 is 5.69 Å². The molecule has 1 aromatic rings. The number of likely N-dealkylation sites (tertiary alicyclic amines) is 1. The van der Waals surface area contributed by atoms with Crippen LogP contribution in [0.2, 0.25) is 0 Å². The molecule has 0 amide bonds. The maximum Gasteiger partial charge on any atom is 0.0598 e. The van der Waals surface area contributed by atoms with Gasteiger partial charge in [-0.3, -0.25) is 4.98 Å². The van der Waals surface area contributed by atoms with Gasteiger partial charge in [0.05, 0.1) is 11.9 Å². The number of nitrogens with one attached hydrogen (secondary N) is 1. The lowest BCUT2D eigenvalue weighted by molar-refractivity contribution is 0.247. The summed E-state index contributed by atoms with van der Waals surface area (Å²) in [5.41, 5.74) is 2.60. The minimum Gasteiger partial charge on any atom is -0.369 e. The zero-order valence-electron chi connectivity index (χ0n) is 13.3. The summed E-state index contributed by atoms with van der Waals surface area (Å²) in [5.74, 6) is 0. The summed E-state index contributed by atoms with van der Waals surface area (Å²) in [6, 6.07) is 3.23. The van der Waals surface area contributed by atoms with E-state index in [1.165, 1.54) is 30.6 Å². The number of likely N-dealkylation sites (N-methyl/N-ethyl adjacent to an activating group) is 2. The minimum absolute atomic E-state index is 0.502. The van der Waals surface area contributed by atoms with Gasteiger partial charge >= 0.3 is 0 Å². The van der Waals surface area contributed by atoms with Crippen LogP contribution in [-0.2, 0) is 6.54 Å². The number of hydrogen-bond acceptors (Lipinski definition) is 4. The van der Waals surface area contributed by atoms with Crippen molar-refractivity contribution in [2.24, 2.45) is 0 Å². The second-order valence-corrected chi connectivity index (χ2v) is 6.21. The first-order valence-electron chi connectivity index (χ1n) is 7.65. The Kier molecular flexibility index (Phi) is 5.38. The van der Waals surface area contributed by atoms with E-state index in [1.54, 1.807) is 0 Å². The van der Waals surface area contributed by atoms with Gasteiger partial charge in [-0.25, -0.2) is 0 Å². The molecule has 0 saturated carbocycles. The zero-order valence-corrected chi connectivity index (χ0v) is 13.3. The molecule has 20 heavy (non-hydrogen) atoms. The van der Waals surface area contributed by atoms with Crippen LogP contribution in [0.1, 0.15) is 32.3 Å². The third-order valence-corrected chi connectivity index (χ3v) is 4.12. The predicted octanol–water partition coefficient (Wildman–Crippen LogP) is 2.11. The summed E-state index contributed by atoms with van der Waals surface area (Å²) in [4.78, 5) is 9.16. The van der Waals surface area contributed by atoms with Gasteiger partial charge in [-0.1, -0.05) is 13.8 Å². The molecular weight excluding hydrogens is 248 g/mol. The number of aromatic nitrogens is 1. The van der Waals surface area contributed by atoms with E-state index in [0.29, 0.717) is 12.1 Å². The summed E-state index contributed by atoms with van der Waals surface area (Å²) in [6.07, 6.45) is 6.45. The quantitative estimate of drug-likeness (QED) is 0.892. The van der Waals surface area contributed by atoms with Crippen molar-refractivity contribution in [3.8, 4) is 0 Å². The Morgan fingerprint density at radius 2 is 2.30 bits per heavy atom. The molecule has 112 valence electrons. The molecule has 0 aromatic carbocycles. The van der Waals surface area contributed by atoms with Crippen molar-refractivity contribution < 1.29 is 0 Å². The number of hydrogen-bond donors (Lipinski definition) is 1. The molecule has 1 saturated heterocycles. The molecule has 2 heterocycles. The zero-order chi connectivity index (χ0) is 14.5. The smallest absolute Gasteiger partial charge is 0.0598 e. The molecule has 1 fully saturated rings. The Morgan fingerprint density at radius 3 is 3.00 bits per heavy atom. The van der Waals surface area contributed by atoms with Crippen molar-refractivity contribution in [1.29, 1.82) is 0 Å². The SMILES string of the molecule is CC(C)NCc1ccncc1N(C)C1CCCN(C)C1. The van der Waals surface area contributed by atoms with Crippen molar-refractivity contribution in [3.05, 3.63) is 24.0 Å². The first kappa shape index (κ1) is 15.3. The number of pyridine rings is 1. The van der Waals surface area contributed by atoms with Crippen LogP contribution in [0.3, 0.4) is 0 Å². The van der Waals surface area contributed by atoms with E-state index in [4.69, 9.17) is 0 Å². The fraction of sp³-hybridized carbons (Fsp3) is 0.688.